The van der Waals surface area contributed by atoms with E-state index >= 15 is 0 Å². The fraction of sp³-hybridized carbons (Fsp3) is 0.947. The van der Waals surface area contributed by atoms with E-state index in [0.717, 1.165) is 57.8 Å². The molecule has 0 aromatic rings. The van der Waals surface area contributed by atoms with Gasteiger partial charge in [0.1, 0.15) is 42.2 Å². The highest BCUT2D eigenvalue weighted by molar-refractivity contribution is 5.82. The first-order chi connectivity index (χ1) is 22.2. The molecule has 5 saturated carbocycles. The average Bonchev–Trinajstić information content (AvgIpc) is 3.19. The van der Waals surface area contributed by atoms with Crippen molar-refractivity contribution in [1.82, 2.24) is 0 Å². The van der Waals surface area contributed by atoms with Crippen molar-refractivity contribution in [2.75, 3.05) is 6.61 Å². The number of hydrogen-bond acceptors (Lipinski definition) is 10. The highest BCUT2D eigenvalue weighted by atomic mass is 16.7. The van der Waals surface area contributed by atoms with E-state index in [2.05, 4.69) is 48.5 Å². The van der Waals surface area contributed by atoms with Gasteiger partial charge in [0.15, 0.2) is 6.29 Å². The molecule has 48 heavy (non-hydrogen) atoms. The Kier molecular flexibility index (Phi) is 7.94. The van der Waals surface area contributed by atoms with Crippen LogP contribution in [0.1, 0.15) is 120 Å². The van der Waals surface area contributed by atoms with Gasteiger partial charge < -0.3 is 39.4 Å². The summed E-state index contributed by atoms with van der Waals surface area (Å²) in [5, 5.41) is 42.6. The molecule has 10 heteroatoms. The van der Waals surface area contributed by atoms with Gasteiger partial charge in [-0.15, -0.1) is 0 Å². The molecule has 0 aromatic carbocycles. The Morgan fingerprint density at radius 3 is 2.19 bits per heavy atom. The van der Waals surface area contributed by atoms with E-state index in [9.17, 15) is 30.0 Å². The van der Waals surface area contributed by atoms with Gasteiger partial charge in [0, 0.05) is 23.7 Å². The monoisotopic (exact) mass is 676 g/mol. The van der Waals surface area contributed by atoms with E-state index in [4.69, 9.17) is 18.9 Å². The molecular formula is C38H60O10. The van der Waals surface area contributed by atoms with Gasteiger partial charge >= 0.3 is 11.9 Å². The maximum absolute atomic E-state index is 14.4. The molecule has 0 amide bonds. The normalized spacial score (nSPS) is 55.0. The summed E-state index contributed by atoms with van der Waals surface area (Å²) in [7, 11) is 0. The zero-order chi connectivity index (χ0) is 35.0. The highest BCUT2D eigenvalue weighted by Gasteiger charge is 2.84. The van der Waals surface area contributed by atoms with Crippen LogP contribution in [0.25, 0.3) is 0 Å². The Labute approximate surface area is 285 Å². The molecule has 7 fully saturated rings. The third-order valence-corrected chi connectivity index (χ3v) is 16.4. The highest BCUT2D eigenvalue weighted by Crippen LogP contribution is 2.81. The molecule has 4 N–H and O–H groups in total. The zero-order valence-corrected chi connectivity index (χ0v) is 30.3. The van der Waals surface area contributed by atoms with Gasteiger partial charge in [-0.3, -0.25) is 9.59 Å². The van der Waals surface area contributed by atoms with Gasteiger partial charge in [0.25, 0.3) is 0 Å². The Balaban J connectivity index is 1.36. The van der Waals surface area contributed by atoms with Crippen molar-refractivity contribution in [2.24, 2.45) is 50.2 Å². The van der Waals surface area contributed by atoms with Crippen molar-refractivity contribution in [3.8, 4) is 0 Å². The fourth-order valence-electron chi connectivity index (χ4n) is 13.7. The molecule has 2 aliphatic heterocycles. The standard InChI is InChI=1S/C38H60O10/c1-20(40)45-25-10-11-34(6)22(33(25,4)5)9-12-35(7)23(34)17-26(47-30-29(43)28(42)27(41)21(19-39)46-30)38-24-18-32(2,3)13-15-37(24,31(44)48-38)16-14-36(35,38)8/h21-30,39,41-43H,9-19H2,1-8H3/t21-,22+,23-,24-,25+,26+,27-,28+,29-,30+,34+,35-,36+,37+,38-/m1/s1. The zero-order valence-electron chi connectivity index (χ0n) is 30.3. The number of carbonyl (C=O) groups is 2. The molecule has 10 nitrogen and oxygen atoms in total. The number of fused-ring (bicyclic) bond motifs is 4. The van der Waals surface area contributed by atoms with E-state index < -0.39 is 59.8 Å². The molecule has 0 radical (unpaired) electrons. The van der Waals surface area contributed by atoms with Crippen LogP contribution in [0.2, 0.25) is 0 Å². The van der Waals surface area contributed by atoms with Crippen molar-refractivity contribution in [3.05, 3.63) is 0 Å². The van der Waals surface area contributed by atoms with Crippen molar-refractivity contribution < 1.29 is 49.0 Å². The molecule has 2 saturated heterocycles. The van der Waals surface area contributed by atoms with Crippen LogP contribution in [0.5, 0.6) is 0 Å². The second kappa shape index (κ2) is 10.9. The molecule has 15 atom stereocenters. The Bertz CT molecular complexity index is 1330. The summed E-state index contributed by atoms with van der Waals surface area (Å²) >= 11 is 0. The summed E-state index contributed by atoms with van der Waals surface area (Å²) in [6, 6.07) is 0. The van der Waals surface area contributed by atoms with Crippen LogP contribution in [0.15, 0.2) is 0 Å². The van der Waals surface area contributed by atoms with Gasteiger partial charge in [-0.1, -0.05) is 48.5 Å². The van der Waals surface area contributed by atoms with Gasteiger partial charge in [-0.2, -0.15) is 0 Å². The lowest BCUT2D eigenvalue weighted by atomic mass is 9.30. The van der Waals surface area contributed by atoms with E-state index in [-0.39, 0.29) is 57.5 Å². The summed E-state index contributed by atoms with van der Waals surface area (Å²) < 4.78 is 25.9. The first-order valence-electron chi connectivity index (χ1n) is 18.6. The number of hydrogen-bond donors (Lipinski definition) is 4. The van der Waals surface area contributed by atoms with Crippen molar-refractivity contribution in [3.63, 3.8) is 0 Å². The first-order valence-corrected chi connectivity index (χ1v) is 18.6. The van der Waals surface area contributed by atoms with E-state index in [1.54, 1.807) is 0 Å². The van der Waals surface area contributed by atoms with Gasteiger partial charge in [-0.25, -0.2) is 0 Å². The topological polar surface area (TPSA) is 152 Å². The minimum atomic E-state index is -1.57. The van der Waals surface area contributed by atoms with Gasteiger partial charge in [-0.05, 0) is 92.3 Å². The predicted octanol–water partition coefficient (Wildman–Crippen LogP) is 4.27. The Morgan fingerprint density at radius 1 is 0.833 bits per heavy atom. The Hall–Kier alpha value is -1.30. The number of rotatable bonds is 4. The van der Waals surface area contributed by atoms with Crippen molar-refractivity contribution >= 4 is 11.9 Å². The van der Waals surface area contributed by atoms with E-state index in [1.807, 2.05) is 0 Å². The van der Waals surface area contributed by atoms with Crippen LogP contribution in [0.3, 0.4) is 0 Å². The first kappa shape index (κ1) is 35.1. The van der Waals surface area contributed by atoms with E-state index in [0.29, 0.717) is 6.42 Å². The summed E-state index contributed by atoms with van der Waals surface area (Å²) in [4.78, 5) is 26.5. The molecule has 7 rings (SSSR count). The molecule has 7 aliphatic rings. The minimum absolute atomic E-state index is 0.00159. The second-order valence-electron chi connectivity index (χ2n) is 19.2. The Morgan fingerprint density at radius 2 is 1.52 bits per heavy atom. The predicted molar refractivity (Wildman–Crippen MR) is 174 cm³/mol. The molecule has 2 bridgehead atoms. The fourth-order valence-corrected chi connectivity index (χ4v) is 13.7. The third kappa shape index (κ3) is 4.31. The average molecular weight is 677 g/mol. The van der Waals surface area contributed by atoms with Crippen LogP contribution < -0.4 is 0 Å². The van der Waals surface area contributed by atoms with Gasteiger partial charge in [0.05, 0.1) is 12.0 Å². The molecule has 0 unspecified atom stereocenters. The number of aliphatic hydroxyl groups excluding tert-OH is 4. The minimum Gasteiger partial charge on any atom is -0.462 e. The molecule has 272 valence electrons. The van der Waals surface area contributed by atoms with Crippen LogP contribution >= 0.6 is 0 Å². The second-order valence-corrected chi connectivity index (χ2v) is 19.2. The largest absolute Gasteiger partial charge is 0.462 e. The van der Waals surface area contributed by atoms with Crippen molar-refractivity contribution in [1.29, 1.82) is 0 Å². The lowest BCUT2D eigenvalue weighted by Gasteiger charge is -2.75. The quantitative estimate of drug-likeness (QED) is 0.251. The number of carbonyl (C=O) groups excluding carboxylic acids is 2. The smallest absolute Gasteiger partial charge is 0.313 e. The third-order valence-electron chi connectivity index (χ3n) is 16.4. The SMILES string of the molecule is CC(=O)O[C@H]1CC[C@]2(C)[C@H]3C[C@H](O[C@@H]4O[C@H](CO)[C@@H](O)[C@H](O)[C@H]4O)[C@]45OC(=O)[C@@]6(CCC(C)(C)C[C@H]64)CC[C@@]5(C)[C@]3(C)CC[C@H]2C1(C)C. The molecule has 5 aliphatic carbocycles. The number of aliphatic hydroxyl groups is 4. The molecule has 0 aromatic heterocycles. The summed E-state index contributed by atoms with van der Waals surface area (Å²) in [5.41, 5.74) is -2.65. The lowest BCUT2D eigenvalue weighted by molar-refractivity contribution is -0.369. The molecule has 2 heterocycles. The molecular weight excluding hydrogens is 616 g/mol. The van der Waals surface area contributed by atoms with Crippen LogP contribution in [0, 0.1) is 50.2 Å². The summed E-state index contributed by atoms with van der Waals surface area (Å²) in [5.74, 6) is -0.0422. The van der Waals surface area contributed by atoms with Crippen LogP contribution in [-0.4, -0.2) is 87.5 Å². The maximum Gasteiger partial charge on any atom is 0.313 e. The summed E-state index contributed by atoms with van der Waals surface area (Å²) in [6.07, 6.45) is 0.400. The summed E-state index contributed by atoms with van der Waals surface area (Å²) in [6.45, 7) is 17.2. The van der Waals surface area contributed by atoms with E-state index in [1.165, 1.54) is 6.92 Å². The number of esters is 2. The van der Waals surface area contributed by atoms with Crippen LogP contribution in [0.4, 0.5) is 0 Å². The maximum atomic E-state index is 14.4. The van der Waals surface area contributed by atoms with Gasteiger partial charge in [0.2, 0.25) is 0 Å². The van der Waals surface area contributed by atoms with Crippen LogP contribution in [-0.2, 0) is 28.5 Å². The lowest BCUT2D eigenvalue weighted by Crippen LogP contribution is -2.77. The number of ether oxygens (including phenoxy) is 4. The van der Waals surface area contributed by atoms with Crippen molar-refractivity contribution in [2.45, 2.75) is 168 Å². The molecule has 1 spiro atoms.